The minimum absolute atomic E-state index is 0.0838. The molecule has 1 aliphatic rings. The standard InChI is InChI=1S/C28H31ClF6N2O3/c1-18(20-14-21(27(30,31)32)16-22(15-20)28(33,34)35)40-24-10-13-37(17-23(24)19-6-3-2-4-7-19)26(39)9-12-36-25(38)8-5-11-29/h2-4,6-7,14-16,18,23-24H,5,8-13,17H2,1H3,(H,36,38)/t18-,23+,24+/m1/s1. The van der Waals surface area contributed by atoms with Crippen LogP contribution in [-0.4, -0.2) is 48.3 Å². The van der Waals surface area contributed by atoms with Crippen molar-refractivity contribution in [3.8, 4) is 0 Å². The number of amides is 2. The number of nitrogens with zero attached hydrogens (tertiary/aromatic N) is 1. The highest BCUT2D eigenvalue weighted by atomic mass is 35.5. The summed E-state index contributed by atoms with van der Waals surface area (Å²) in [7, 11) is 0. The molecule has 1 saturated heterocycles. The van der Waals surface area contributed by atoms with Crippen LogP contribution in [0, 0.1) is 0 Å². The normalized spacial score (nSPS) is 18.9. The largest absolute Gasteiger partial charge is 0.416 e. The lowest BCUT2D eigenvalue weighted by atomic mass is 9.87. The molecule has 0 saturated carbocycles. The molecule has 12 heteroatoms. The fourth-order valence-corrected chi connectivity index (χ4v) is 4.81. The first-order valence-electron chi connectivity index (χ1n) is 12.9. The molecular weight excluding hydrogens is 562 g/mol. The molecule has 2 aromatic carbocycles. The van der Waals surface area contributed by atoms with E-state index >= 15 is 0 Å². The summed E-state index contributed by atoms with van der Waals surface area (Å²) in [6.45, 7) is 2.12. The van der Waals surface area contributed by atoms with Crippen LogP contribution in [0.2, 0.25) is 0 Å². The van der Waals surface area contributed by atoms with E-state index in [-0.39, 0.29) is 61.8 Å². The molecule has 0 unspecified atom stereocenters. The van der Waals surface area contributed by atoms with E-state index in [1.165, 1.54) is 6.92 Å². The molecule has 0 aliphatic carbocycles. The van der Waals surface area contributed by atoms with E-state index in [1.54, 1.807) is 17.0 Å². The molecule has 220 valence electrons. The van der Waals surface area contributed by atoms with Crippen molar-refractivity contribution in [3.63, 3.8) is 0 Å². The molecule has 1 N–H and O–H groups in total. The first-order chi connectivity index (χ1) is 18.8. The van der Waals surface area contributed by atoms with E-state index in [0.29, 0.717) is 30.9 Å². The molecule has 3 rings (SSSR count). The minimum Gasteiger partial charge on any atom is -0.370 e. The number of benzene rings is 2. The predicted octanol–water partition coefficient (Wildman–Crippen LogP) is 6.71. The summed E-state index contributed by atoms with van der Waals surface area (Å²) < 4.78 is 86.4. The Labute approximate surface area is 233 Å². The maximum atomic E-state index is 13.4. The van der Waals surface area contributed by atoms with Crippen molar-refractivity contribution in [2.24, 2.45) is 0 Å². The Hall–Kier alpha value is -2.79. The van der Waals surface area contributed by atoms with Crippen LogP contribution in [0.1, 0.15) is 66.9 Å². The average Bonchev–Trinajstić information content (AvgIpc) is 2.91. The molecule has 0 bridgehead atoms. The Morgan fingerprint density at radius 3 is 2.23 bits per heavy atom. The van der Waals surface area contributed by atoms with Gasteiger partial charge in [-0.3, -0.25) is 9.59 Å². The number of carbonyl (C=O) groups is 2. The van der Waals surface area contributed by atoms with Crippen LogP contribution in [0.5, 0.6) is 0 Å². The van der Waals surface area contributed by atoms with Gasteiger partial charge < -0.3 is 15.0 Å². The topological polar surface area (TPSA) is 58.6 Å². The Bertz CT molecular complexity index is 1110. The van der Waals surface area contributed by atoms with Gasteiger partial charge in [0.2, 0.25) is 11.8 Å². The summed E-state index contributed by atoms with van der Waals surface area (Å²) in [6.07, 6.45) is -10.4. The van der Waals surface area contributed by atoms with Crippen LogP contribution in [0.15, 0.2) is 48.5 Å². The van der Waals surface area contributed by atoms with E-state index < -0.39 is 35.7 Å². The van der Waals surface area contributed by atoms with Crippen LogP contribution in [0.4, 0.5) is 26.3 Å². The highest BCUT2D eigenvalue weighted by Crippen LogP contribution is 2.39. The van der Waals surface area contributed by atoms with E-state index in [4.69, 9.17) is 16.3 Å². The number of rotatable bonds is 10. The van der Waals surface area contributed by atoms with Crippen molar-refractivity contribution in [1.82, 2.24) is 10.2 Å². The molecule has 1 aliphatic heterocycles. The van der Waals surface area contributed by atoms with E-state index in [2.05, 4.69) is 5.32 Å². The highest BCUT2D eigenvalue weighted by Gasteiger charge is 2.38. The van der Waals surface area contributed by atoms with Gasteiger partial charge in [0.25, 0.3) is 0 Å². The average molecular weight is 593 g/mol. The van der Waals surface area contributed by atoms with Crippen LogP contribution < -0.4 is 5.32 Å². The summed E-state index contributed by atoms with van der Waals surface area (Å²) >= 11 is 5.58. The van der Waals surface area contributed by atoms with Crippen LogP contribution in [0.25, 0.3) is 0 Å². The zero-order chi connectivity index (χ0) is 29.5. The number of carbonyl (C=O) groups excluding carboxylic acids is 2. The molecule has 0 radical (unpaired) electrons. The predicted molar refractivity (Wildman–Crippen MR) is 138 cm³/mol. The number of nitrogens with one attached hydrogen (secondary N) is 1. The third-order valence-corrected chi connectivity index (χ3v) is 7.05. The highest BCUT2D eigenvalue weighted by molar-refractivity contribution is 6.17. The summed E-state index contributed by atoms with van der Waals surface area (Å²) in [5.41, 5.74) is -2.21. The van der Waals surface area contributed by atoms with Crippen LogP contribution in [0.3, 0.4) is 0 Å². The van der Waals surface area contributed by atoms with Gasteiger partial charge >= 0.3 is 12.4 Å². The fourth-order valence-electron chi connectivity index (χ4n) is 4.68. The lowest BCUT2D eigenvalue weighted by Crippen LogP contribution is -2.46. The van der Waals surface area contributed by atoms with Crippen molar-refractivity contribution in [1.29, 1.82) is 0 Å². The minimum atomic E-state index is -4.96. The molecule has 2 aromatic rings. The smallest absolute Gasteiger partial charge is 0.370 e. The van der Waals surface area contributed by atoms with Gasteiger partial charge in [0.15, 0.2) is 0 Å². The maximum Gasteiger partial charge on any atom is 0.416 e. The van der Waals surface area contributed by atoms with Gasteiger partial charge in [0, 0.05) is 44.3 Å². The summed E-state index contributed by atoms with van der Waals surface area (Å²) in [6, 6.07) is 10.5. The molecule has 5 nitrogen and oxygen atoms in total. The van der Waals surface area contributed by atoms with E-state index in [1.807, 2.05) is 18.2 Å². The Morgan fingerprint density at radius 1 is 1.02 bits per heavy atom. The first kappa shape index (κ1) is 31.7. The molecule has 3 atom stereocenters. The van der Waals surface area contributed by atoms with Gasteiger partial charge in [0.05, 0.1) is 23.3 Å². The lowest BCUT2D eigenvalue weighted by molar-refractivity contribution is -0.143. The van der Waals surface area contributed by atoms with Gasteiger partial charge in [-0.25, -0.2) is 0 Å². The zero-order valence-electron chi connectivity index (χ0n) is 21.8. The Balaban J connectivity index is 1.75. The monoisotopic (exact) mass is 592 g/mol. The second kappa shape index (κ2) is 13.7. The number of hydrogen-bond donors (Lipinski definition) is 1. The van der Waals surface area contributed by atoms with Crippen LogP contribution >= 0.6 is 11.6 Å². The van der Waals surface area contributed by atoms with Gasteiger partial charge in [-0.2, -0.15) is 26.3 Å². The number of alkyl halides is 7. The first-order valence-corrected chi connectivity index (χ1v) is 13.4. The third-order valence-electron chi connectivity index (χ3n) is 6.79. The number of halogens is 7. The molecule has 0 aromatic heterocycles. The fraction of sp³-hybridized carbons (Fsp3) is 0.500. The lowest BCUT2D eigenvalue weighted by Gasteiger charge is -2.40. The van der Waals surface area contributed by atoms with Crippen molar-refractivity contribution in [3.05, 3.63) is 70.8 Å². The molecule has 0 spiro atoms. The molecule has 1 heterocycles. The molecule has 1 fully saturated rings. The van der Waals surface area contributed by atoms with E-state index in [0.717, 1.165) is 5.56 Å². The van der Waals surface area contributed by atoms with Crippen LogP contribution in [-0.2, 0) is 26.7 Å². The van der Waals surface area contributed by atoms with E-state index in [9.17, 15) is 35.9 Å². The summed E-state index contributed by atoms with van der Waals surface area (Å²) in [5, 5.41) is 2.68. The molecule has 40 heavy (non-hydrogen) atoms. The SMILES string of the molecule is C[C@@H](O[C@H]1CCN(C(=O)CCNC(=O)CCCCl)C[C@H]1c1ccccc1)c1cc(C(F)(F)F)cc(C(F)(F)F)c1. The number of piperidine rings is 1. The summed E-state index contributed by atoms with van der Waals surface area (Å²) in [5.74, 6) is -0.384. The molecular formula is C28H31ClF6N2O3. The number of ether oxygens (including phenoxy) is 1. The van der Waals surface area contributed by atoms with Gasteiger partial charge in [0.1, 0.15) is 0 Å². The van der Waals surface area contributed by atoms with Crippen molar-refractivity contribution < 1.29 is 40.7 Å². The quantitative estimate of drug-likeness (QED) is 0.246. The number of hydrogen-bond acceptors (Lipinski definition) is 3. The second-order valence-electron chi connectivity index (χ2n) is 9.69. The second-order valence-corrected chi connectivity index (χ2v) is 10.1. The van der Waals surface area contributed by atoms with Crippen molar-refractivity contribution in [2.75, 3.05) is 25.5 Å². The van der Waals surface area contributed by atoms with Gasteiger partial charge in [-0.1, -0.05) is 30.3 Å². The third kappa shape index (κ3) is 8.86. The van der Waals surface area contributed by atoms with Gasteiger partial charge in [-0.05, 0) is 49.1 Å². The van der Waals surface area contributed by atoms with Gasteiger partial charge in [-0.15, -0.1) is 11.6 Å². The maximum absolute atomic E-state index is 13.4. The summed E-state index contributed by atoms with van der Waals surface area (Å²) in [4.78, 5) is 26.3. The number of likely N-dealkylation sites (tertiary alicyclic amines) is 1. The zero-order valence-corrected chi connectivity index (χ0v) is 22.6. The Morgan fingerprint density at radius 2 is 1.65 bits per heavy atom. The van der Waals surface area contributed by atoms with Crippen molar-refractivity contribution >= 4 is 23.4 Å². The molecule has 2 amide bonds. The Kier molecular flexibility index (Phi) is 10.9. The van der Waals surface area contributed by atoms with Crippen molar-refractivity contribution in [2.45, 2.75) is 63.1 Å².